The fourth-order valence-electron chi connectivity index (χ4n) is 2.32. The van der Waals surface area contributed by atoms with E-state index in [9.17, 15) is 8.42 Å². The van der Waals surface area contributed by atoms with Crippen molar-refractivity contribution in [2.24, 2.45) is 5.92 Å². The molecular formula is C19H19ClN2O3S. The summed E-state index contributed by atoms with van der Waals surface area (Å²) in [4.78, 5) is 4.45. The van der Waals surface area contributed by atoms with E-state index < -0.39 is 9.84 Å². The van der Waals surface area contributed by atoms with Crippen LogP contribution in [0.15, 0.2) is 68.9 Å². The van der Waals surface area contributed by atoms with Crippen LogP contribution in [0.4, 0.5) is 5.88 Å². The van der Waals surface area contributed by atoms with E-state index in [0.717, 1.165) is 0 Å². The van der Waals surface area contributed by atoms with Gasteiger partial charge in [0.05, 0.1) is 4.90 Å². The Hall–Kier alpha value is -2.31. The second kappa shape index (κ2) is 7.51. The van der Waals surface area contributed by atoms with Crippen LogP contribution in [0.1, 0.15) is 13.8 Å². The molecule has 0 fully saturated rings. The normalized spacial score (nSPS) is 11.7. The van der Waals surface area contributed by atoms with Gasteiger partial charge in [-0.15, -0.1) is 0 Å². The molecule has 5 nitrogen and oxygen atoms in total. The predicted molar refractivity (Wildman–Crippen MR) is 102 cm³/mol. The number of nitrogens with zero attached hydrogens (tertiary/aromatic N) is 1. The Bertz CT molecular complexity index is 981. The molecular weight excluding hydrogens is 372 g/mol. The molecule has 1 heterocycles. The molecule has 1 aromatic heterocycles. The summed E-state index contributed by atoms with van der Waals surface area (Å²) in [5, 5.41) is 3.52. The van der Waals surface area contributed by atoms with Gasteiger partial charge in [0.25, 0.3) is 0 Å². The van der Waals surface area contributed by atoms with Crippen molar-refractivity contribution in [2.45, 2.75) is 23.8 Å². The Morgan fingerprint density at radius 2 is 1.73 bits per heavy atom. The topological polar surface area (TPSA) is 72.2 Å². The van der Waals surface area contributed by atoms with Crippen molar-refractivity contribution in [2.75, 3.05) is 11.9 Å². The molecule has 0 bridgehead atoms. The number of aromatic nitrogens is 1. The highest BCUT2D eigenvalue weighted by molar-refractivity contribution is 7.91. The van der Waals surface area contributed by atoms with Crippen molar-refractivity contribution < 1.29 is 12.8 Å². The van der Waals surface area contributed by atoms with Crippen LogP contribution < -0.4 is 5.32 Å². The third-order valence-corrected chi connectivity index (χ3v) is 5.60. The van der Waals surface area contributed by atoms with Crippen LogP contribution in [0.25, 0.3) is 11.5 Å². The molecule has 0 unspecified atom stereocenters. The third-order valence-electron chi connectivity index (χ3n) is 3.67. The number of halogens is 1. The second-order valence-corrected chi connectivity index (χ2v) is 8.55. The molecule has 0 aliphatic rings. The van der Waals surface area contributed by atoms with Crippen molar-refractivity contribution in [3.8, 4) is 11.5 Å². The lowest BCUT2D eigenvalue weighted by Crippen LogP contribution is -2.11. The van der Waals surface area contributed by atoms with E-state index in [2.05, 4.69) is 10.3 Å². The zero-order chi connectivity index (χ0) is 18.7. The van der Waals surface area contributed by atoms with Gasteiger partial charge < -0.3 is 9.73 Å². The molecule has 0 aliphatic carbocycles. The largest absolute Gasteiger partial charge is 0.419 e. The fourth-order valence-corrected chi connectivity index (χ4v) is 3.75. The van der Waals surface area contributed by atoms with Gasteiger partial charge in [0.15, 0.2) is 0 Å². The maximum Gasteiger partial charge on any atom is 0.233 e. The zero-order valence-electron chi connectivity index (χ0n) is 14.4. The minimum atomic E-state index is -3.81. The van der Waals surface area contributed by atoms with E-state index in [-0.39, 0.29) is 21.7 Å². The van der Waals surface area contributed by atoms with Crippen molar-refractivity contribution in [3.63, 3.8) is 0 Å². The summed E-state index contributed by atoms with van der Waals surface area (Å²) in [6.07, 6.45) is 0. The first-order chi connectivity index (χ1) is 12.4. The lowest BCUT2D eigenvalue weighted by molar-refractivity contribution is 0.567. The van der Waals surface area contributed by atoms with Gasteiger partial charge in [-0.25, -0.2) is 8.42 Å². The number of anilines is 1. The summed E-state index contributed by atoms with van der Waals surface area (Å²) >= 11 is 5.91. The molecule has 0 saturated carbocycles. The van der Waals surface area contributed by atoms with Gasteiger partial charge in [0.1, 0.15) is 0 Å². The van der Waals surface area contributed by atoms with Crippen LogP contribution >= 0.6 is 11.6 Å². The van der Waals surface area contributed by atoms with Crippen molar-refractivity contribution in [3.05, 3.63) is 59.6 Å². The van der Waals surface area contributed by atoms with Crippen LogP contribution in [0, 0.1) is 5.92 Å². The Kier molecular flexibility index (Phi) is 5.34. The monoisotopic (exact) mass is 390 g/mol. The molecule has 1 N–H and O–H groups in total. The van der Waals surface area contributed by atoms with Gasteiger partial charge >= 0.3 is 0 Å². The number of nitrogens with one attached hydrogen (secondary N) is 1. The molecule has 7 heteroatoms. The summed E-state index contributed by atoms with van der Waals surface area (Å²) in [5.74, 6) is 0.682. The van der Waals surface area contributed by atoms with Gasteiger partial charge in [0.2, 0.25) is 26.6 Å². The molecule has 3 aromatic rings. The number of hydrogen-bond donors (Lipinski definition) is 1. The number of hydrogen-bond acceptors (Lipinski definition) is 5. The zero-order valence-corrected chi connectivity index (χ0v) is 16.0. The average Bonchev–Trinajstić information content (AvgIpc) is 3.06. The molecule has 2 aromatic carbocycles. The molecule has 0 atom stereocenters. The van der Waals surface area contributed by atoms with Crippen molar-refractivity contribution >= 4 is 27.3 Å². The summed E-state index contributed by atoms with van der Waals surface area (Å²) in [6.45, 7) is 4.61. The Morgan fingerprint density at radius 3 is 2.35 bits per heavy atom. The van der Waals surface area contributed by atoms with E-state index in [0.29, 0.717) is 23.0 Å². The van der Waals surface area contributed by atoms with Crippen LogP contribution in [-0.2, 0) is 9.84 Å². The van der Waals surface area contributed by atoms with Crippen molar-refractivity contribution in [1.82, 2.24) is 4.98 Å². The van der Waals surface area contributed by atoms with E-state index in [1.807, 2.05) is 13.8 Å². The molecule has 3 rings (SSSR count). The van der Waals surface area contributed by atoms with E-state index >= 15 is 0 Å². The smallest absolute Gasteiger partial charge is 0.233 e. The molecule has 0 aliphatic heterocycles. The lowest BCUT2D eigenvalue weighted by atomic mass is 10.2. The van der Waals surface area contributed by atoms with Crippen LogP contribution in [0.3, 0.4) is 0 Å². The number of oxazole rings is 1. The quantitative estimate of drug-likeness (QED) is 0.648. The Balaban J connectivity index is 2.09. The van der Waals surface area contributed by atoms with Crippen LogP contribution in [0.5, 0.6) is 0 Å². The molecule has 136 valence electrons. The minimum Gasteiger partial charge on any atom is -0.419 e. The summed E-state index contributed by atoms with van der Waals surface area (Å²) in [7, 11) is -3.81. The maximum absolute atomic E-state index is 13.0. The summed E-state index contributed by atoms with van der Waals surface area (Å²) in [5.41, 5.74) is 0.650. The highest BCUT2D eigenvalue weighted by Gasteiger charge is 2.28. The van der Waals surface area contributed by atoms with E-state index in [4.69, 9.17) is 16.0 Å². The Labute approximate surface area is 157 Å². The predicted octanol–water partition coefficient (Wildman–Crippen LogP) is 4.90. The average molecular weight is 391 g/mol. The second-order valence-electron chi connectivity index (χ2n) is 6.25. The number of rotatable bonds is 6. The Morgan fingerprint density at radius 1 is 1.08 bits per heavy atom. The standard InChI is InChI=1S/C19H19ClN2O3S/c1-13(2)12-21-18-19(26(23,24)16-6-4-3-5-7-16)22-17(25-18)14-8-10-15(20)11-9-14/h3-11,13,21H,12H2,1-2H3. The maximum atomic E-state index is 13.0. The van der Waals surface area contributed by atoms with E-state index in [1.54, 1.807) is 42.5 Å². The lowest BCUT2D eigenvalue weighted by Gasteiger charge is -2.07. The molecule has 0 saturated heterocycles. The summed E-state index contributed by atoms with van der Waals surface area (Å²) < 4.78 is 31.8. The molecule has 0 amide bonds. The van der Waals surface area contributed by atoms with Crippen LogP contribution in [-0.4, -0.2) is 19.9 Å². The van der Waals surface area contributed by atoms with Gasteiger partial charge in [-0.1, -0.05) is 43.6 Å². The van der Waals surface area contributed by atoms with Gasteiger partial charge in [-0.3, -0.25) is 0 Å². The molecule has 26 heavy (non-hydrogen) atoms. The first-order valence-corrected chi connectivity index (χ1v) is 10.0. The van der Waals surface area contributed by atoms with Crippen molar-refractivity contribution in [1.29, 1.82) is 0 Å². The van der Waals surface area contributed by atoms with Gasteiger partial charge in [-0.2, -0.15) is 4.98 Å². The van der Waals surface area contributed by atoms with Gasteiger partial charge in [0, 0.05) is 17.1 Å². The third kappa shape index (κ3) is 3.92. The fraction of sp³-hybridized carbons (Fsp3) is 0.211. The van der Waals surface area contributed by atoms with E-state index in [1.165, 1.54) is 12.1 Å². The first-order valence-electron chi connectivity index (χ1n) is 8.18. The molecule has 0 spiro atoms. The number of benzene rings is 2. The van der Waals surface area contributed by atoms with Crippen LogP contribution in [0.2, 0.25) is 5.02 Å². The molecule has 0 radical (unpaired) electrons. The summed E-state index contributed by atoms with van der Waals surface area (Å²) in [6, 6.07) is 15.1. The van der Waals surface area contributed by atoms with Gasteiger partial charge in [-0.05, 0) is 42.3 Å². The highest BCUT2D eigenvalue weighted by Crippen LogP contribution is 2.32. The SMILES string of the molecule is CC(C)CNc1oc(-c2ccc(Cl)cc2)nc1S(=O)(=O)c1ccccc1. The number of sulfone groups is 1. The highest BCUT2D eigenvalue weighted by atomic mass is 35.5. The first kappa shape index (κ1) is 18.5. The minimum absolute atomic E-state index is 0.116.